The summed E-state index contributed by atoms with van der Waals surface area (Å²) in [6.45, 7) is 0.448. The van der Waals surface area contributed by atoms with Crippen LogP contribution in [0.5, 0.6) is 5.75 Å². The highest BCUT2D eigenvalue weighted by Crippen LogP contribution is 2.42. The number of hydrogen-bond acceptors (Lipinski definition) is 6. The summed E-state index contributed by atoms with van der Waals surface area (Å²) in [5, 5.41) is 16.2. The molecule has 2 aromatic heterocycles. The van der Waals surface area contributed by atoms with E-state index in [0.717, 1.165) is 48.7 Å². The predicted molar refractivity (Wildman–Crippen MR) is 152 cm³/mol. The van der Waals surface area contributed by atoms with E-state index in [2.05, 4.69) is 20.3 Å². The summed E-state index contributed by atoms with van der Waals surface area (Å²) in [4.78, 5) is 1.00. The molecule has 0 fully saturated rings. The van der Waals surface area contributed by atoms with Crippen LogP contribution in [0.1, 0.15) is 11.1 Å². The van der Waals surface area contributed by atoms with Crippen LogP contribution >= 0.6 is 38.6 Å². The van der Waals surface area contributed by atoms with Gasteiger partial charge in [0.1, 0.15) is 16.6 Å². The maximum atomic E-state index is 12.6. The van der Waals surface area contributed by atoms with Crippen LogP contribution < -0.4 is 9.84 Å². The third-order valence-electron chi connectivity index (χ3n) is 5.48. The largest absolute Gasteiger partial charge is 0.858 e. The highest BCUT2D eigenvalue weighted by Gasteiger charge is 2.16. The number of thiophene rings is 2. The van der Waals surface area contributed by atoms with E-state index in [4.69, 9.17) is 4.74 Å². The predicted octanol–water partition coefficient (Wildman–Crippen LogP) is 6.98. The molecular weight excluding hydrogens is 590 g/mol. The minimum atomic E-state index is -4.02. The Kier molecular flexibility index (Phi) is 7.57. The monoisotopic (exact) mass is 608 g/mol. The van der Waals surface area contributed by atoms with Gasteiger partial charge in [-0.2, -0.15) is 12.8 Å². The normalized spacial score (nSPS) is 12.0. The maximum Gasteiger partial charge on any atom is 0.291 e. The molecule has 0 radical (unpaired) electrons. The van der Waals surface area contributed by atoms with Crippen molar-refractivity contribution in [3.05, 3.63) is 117 Å². The Morgan fingerprint density at radius 3 is 2.38 bits per heavy atom. The van der Waals surface area contributed by atoms with Crippen LogP contribution in [0, 0.1) is 0 Å². The molecule has 0 saturated carbocycles. The molecule has 5 nitrogen and oxygen atoms in total. The Morgan fingerprint density at radius 1 is 0.865 bits per heavy atom. The molecule has 5 aromatic rings. The van der Waals surface area contributed by atoms with Crippen molar-refractivity contribution in [3.63, 3.8) is 0 Å². The fourth-order valence-electron chi connectivity index (χ4n) is 3.70. The molecule has 0 bridgehead atoms. The number of sulfonamides is 1. The van der Waals surface area contributed by atoms with Gasteiger partial charge in [0.05, 0.1) is 0 Å². The van der Waals surface area contributed by atoms with Crippen LogP contribution in [0.3, 0.4) is 0 Å². The highest BCUT2D eigenvalue weighted by atomic mass is 79.9. The zero-order valence-corrected chi connectivity index (χ0v) is 23.2. The number of halogens is 1. The summed E-state index contributed by atoms with van der Waals surface area (Å²) < 4.78 is 35.3. The van der Waals surface area contributed by atoms with Crippen molar-refractivity contribution in [1.29, 1.82) is 0 Å². The Morgan fingerprint density at radius 2 is 1.65 bits per heavy atom. The molecule has 0 aliphatic carbocycles. The number of hydrogen-bond donors (Lipinski definition) is 0. The summed E-state index contributed by atoms with van der Waals surface area (Å²) in [7, 11) is -4.02. The van der Waals surface area contributed by atoms with Gasteiger partial charge in [-0.15, -0.1) is 22.7 Å². The first-order chi connectivity index (χ1) is 17.9. The zero-order chi connectivity index (χ0) is 25.8. The van der Waals surface area contributed by atoms with E-state index in [1.807, 2.05) is 60.0 Å². The first-order valence-electron chi connectivity index (χ1n) is 11.1. The number of nitrogens with zero attached hydrogens (tertiary/aromatic N) is 1. The van der Waals surface area contributed by atoms with Gasteiger partial charge in [0, 0.05) is 26.4 Å². The van der Waals surface area contributed by atoms with Crippen molar-refractivity contribution < 1.29 is 18.3 Å². The van der Waals surface area contributed by atoms with Crippen LogP contribution in [0.4, 0.5) is 0 Å². The van der Waals surface area contributed by atoms with E-state index in [1.54, 1.807) is 47.0 Å². The molecule has 3 aromatic carbocycles. The first kappa shape index (κ1) is 25.4. The fraction of sp³-hybridized carbons (Fsp3) is 0.0357. The van der Waals surface area contributed by atoms with E-state index < -0.39 is 15.9 Å². The second-order valence-corrected chi connectivity index (χ2v) is 12.6. The quantitative estimate of drug-likeness (QED) is 0.141. The first-order valence-corrected chi connectivity index (χ1v) is 15.1. The minimum absolute atomic E-state index is 0.0417. The maximum absolute atomic E-state index is 12.6. The van der Waals surface area contributed by atoms with E-state index in [1.165, 1.54) is 6.07 Å². The topological polar surface area (TPSA) is 78.8 Å². The van der Waals surface area contributed by atoms with Gasteiger partial charge in [0.15, 0.2) is 0 Å². The van der Waals surface area contributed by atoms with Crippen molar-refractivity contribution in [2.45, 2.75) is 10.8 Å². The van der Waals surface area contributed by atoms with E-state index in [0.29, 0.717) is 6.61 Å². The van der Waals surface area contributed by atoms with Crippen molar-refractivity contribution >= 4 is 54.5 Å². The lowest BCUT2D eigenvalue weighted by Crippen LogP contribution is -2.20. The summed E-state index contributed by atoms with van der Waals surface area (Å²) in [5.74, 6) is -0.0361. The second-order valence-electron chi connectivity index (χ2n) is 7.96. The zero-order valence-electron chi connectivity index (χ0n) is 19.2. The van der Waals surface area contributed by atoms with Crippen LogP contribution in [0.2, 0.25) is 0 Å². The van der Waals surface area contributed by atoms with Crippen LogP contribution in [0.15, 0.2) is 115 Å². The van der Waals surface area contributed by atoms with Gasteiger partial charge < -0.3 is 9.84 Å². The molecule has 37 heavy (non-hydrogen) atoms. The average molecular weight is 610 g/mol. The van der Waals surface area contributed by atoms with Crippen molar-refractivity contribution in [1.82, 2.24) is 0 Å². The lowest BCUT2D eigenvalue weighted by molar-refractivity contribution is -0.212. The molecule has 0 unspecified atom stereocenters. The standard InChI is InChI=1S/C28H20BrNO4S3/c29-22-12-13-25(34-18-19-5-2-1-3-6-19)24(17-22)23-14-16-36-27(23)20-8-10-21(11-9-20)28(31)30-37(32,33)26-7-4-15-35-26/h1-17H,18H2,(H,30,31)/p-1. The van der Waals surface area contributed by atoms with Gasteiger partial charge in [-0.25, -0.2) is 0 Å². The molecule has 5 rings (SSSR count). The van der Waals surface area contributed by atoms with Gasteiger partial charge in [-0.3, -0.25) is 0 Å². The number of benzene rings is 3. The van der Waals surface area contributed by atoms with Crippen LogP contribution in [-0.4, -0.2) is 14.3 Å². The van der Waals surface area contributed by atoms with Gasteiger partial charge in [0.2, 0.25) is 0 Å². The lowest BCUT2D eigenvalue weighted by atomic mass is 10.0. The number of rotatable bonds is 8. The van der Waals surface area contributed by atoms with Crippen molar-refractivity contribution in [3.8, 4) is 27.3 Å². The fourth-order valence-corrected chi connectivity index (χ4v) is 6.86. The molecule has 0 atom stereocenters. The molecule has 0 N–H and O–H groups in total. The molecule has 0 aliphatic rings. The van der Waals surface area contributed by atoms with E-state index in [-0.39, 0.29) is 9.77 Å². The van der Waals surface area contributed by atoms with Crippen molar-refractivity contribution in [2.24, 2.45) is 4.40 Å². The Hall–Kier alpha value is -3.24. The van der Waals surface area contributed by atoms with Gasteiger partial charge in [-0.05, 0) is 57.8 Å². The Balaban J connectivity index is 1.43. The second kappa shape index (κ2) is 11.0. The van der Waals surface area contributed by atoms with Crippen molar-refractivity contribution in [2.75, 3.05) is 0 Å². The smallest absolute Gasteiger partial charge is 0.291 e. The third kappa shape index (κ3) is 5.86. The van der Waals surface area contributed by atoms with Gasteiger partial charge >= 0.3 is 0 Å². The average Bonchev–Trinajstić information content (AvgIpc) is 3.62. The summed E-state index contributed by atoms with van der Waals surface area (Å²) in [6.07, 6.45) is 0. The SMILES string of the molecule is O=S(=O)(/N=C(\[O-])c1ccc(-c2sccc2-c2cc(Br)ccc2OCc2ccccc2)cc1)c1cccs1. The Labute approximate surface area is 231 Å². The molecular formula is C28H19BrNO4S3-. The summed E-state index contributed by atoms with van der Waals surface area (Å²) >= 11 is 6.17. The summed E-state index contributed by atoms with van der Waals surface area (Å²) in [5.41, 5.74) is 4.12. The molecule has 0 spiro atoms. The van der Waals surface area contributed by atoms with Gasteiger partial charge in [-0.1, -0.05) is 76.6 Å². The van der Waals surface area contributed by atoms with E-state index in [9.17, 15) is 13.5 Å². The van der Waals surface area contributed by atoms with Gasteiger partial charge in [0.25, 0.3) is 10.0 Å². The third-order valence-corrected chi connectivity index (χ3v) is 9.57. The number of ether oxygens (including phenoxy) is 1. The molecule has 0 saturated heterocycles. The molecule has 0 aliphatic heterocycles. The molecule has 0 amide bonds. The highest BCUT2D eigenvalue weighted by molar-refractivity contribution is 9.10. The Bertz CT molecular complexity index is 1640. The van der Waals surface area contributed by atoms with Crippen LogP contribution in [0.25, 0.3) is 21.6 Å². The molecule has 9 heteroatoms. The molecule has 2 heterocycles. The minimum Gasteiger partial charge on any atom is -0.858 e. The van der Waals surface area contributed by atoms with Crippen LogP contribution in [-0.2, 0) is 16.6 Å². The lowest BCUT2D eigenvalue weighted by Gasteiger charge is -2.14. The summed E-state index contributed by atoms with van der Waals surface area (Å²) in [6, 6.07) is 27.8. The van der Waals surface area contributed by atoms with E-state index >= 15 is 0 Å². The molecule has 186 valence electrons.